The van der Waals surface area contributed by atoms with E-state index in [2.05, 4.69) is 28.7 Å². The van der Waals surface area contributed by atoms with Gasteiger partial charge in [-0.3, -0.25) is 0 Å². The quantitative estimate of drug-likeness (QED) is 0.770. The summed E-state index contributed by atoms with van der Waals surface area (Å²) in [5, 5.41) is 1.30. The summed E-state index contributed by atoms with van der Waals surface area (Å²) in [6.07, 6.45) is 1.65. The van der Waals surface area contributed by atoms with Crippen LogP contribution in [-0.2, 0) is 10.0 Å². The van der Waals surface area contributed by atoms with Crippen molar-refractivity contribution < 1.29 is 8.42 Å². The Kier molecular flexibility index (Phi) is 6.15. The van der Waals surface area contributed by atoms with Crippen molar-refractivity contribution in [1.29, 1.82) is 0 Å². The molecule has 0 spiro atoms. The summed E-state index contributed by atoms with van der Waals surface area (Å²) >= 11 is 0. The molecule has 0 atom stereocenters. The van der Waals surface area contributed by atoms with Crippen LogP contribution < -0.4 is 4.90 Å². The molecule has 0 bridgehead atoms. The van der Waals surface area contributed by atoms with Crippen LogP contribution >= 0.6 is 0 Å². The van der Waals surface area contributed by atoms with Crippen molar-refractivity contribution in [2.45, 2.75) is 33.6 Å². The Morgan fingerprint density at radius 2 is 1.64 bits per heavy atom. The minimum Gasteiger partial charge on any atom is -0.354 e. The molecule has 1 fully saturated rings. The lowest BCUT2D eigenvalue weighted by molar-refractivity contribution is 0.388. The molecule has 0 N–H and O–H groups in total. The molecular formula is C21H28N4O2S. The molecule has 2 heterocycles. The molecule has 2 aromatic rings. The largest absolute Gasteiger partial charge is 0.354 e. The highest BCUT2D eigenvalue weighted by atomic mass is 32.2. The average molecular weight is 401 g/mol. The number of benzene rings is 1. The summed E-state index contributed by atoms with van der Waals surface area (Å²) in [5.41, 5.74) is 3.02. The van der Waals surface area contributed by atoms with E-state index in [1.165, 1.54) is 5.41 Å². The summed E-state index contributed by atoms with van der Waals surface area (Å²) < 4.78 is 26.9. The lowest BCUT2D eigenvalue weighted by Gasteiger charge is -2.35. The van der Waals surface area contributed by atoms with Crippen molar-refractivity contribution in [2.75, 3.05) is 31.1 Å². The lowest BCUT2D eigenvalue weighted by Crippen LogP contribution is -2.48. The summed E-state index contributed by atoms with van der Waals surface area (Å²) in [7, 11) is -3.44. The number of aromatic nitrogens is 2. The van der Waals surface area contributed by atoms with Gasteiger partial charge in [-0.05, 0) is 31.4 Å². The number of piperazine rings is 1. The maximum atomic E-state index is 12.7. The fourth-order valence-electron chi connectivity index (χ4n) is 3.59. The zero-order chi connectivity index (χ0) is 20.3. The maximum absolute atomic E-state index is 12.7. The van der Waals surface area contributed by atoms with Gasteiger partial charge >= 0.3 is 0 Å². The molecule has 1 aromatic carbocycles. The lowest BCUT2D eigenvalue weighted by atomic mass is 10.0. The van der Waals surface area contributed by atoms with Crippen LogP contribution in [0.2, 0.25) is 0 Å². The number of hydrogen-bond acceptors (Lipinski definition) is 5. The van der Waals surface area contributed by atoms with Gasteiger partial charge in [-0.1, -0.05) is 44.2 Å². The third kappa shape index (κ3) is 4.59. The fraction of sp³-hybridized carbons (Fsp3) is 0.429. The van der Waals surface area contributed by atoms with Crippen LogP contribution in [0.5, 0.6) is 0 Å². The van der Waals surface area contributed by atoms with Crippen molar-refractivity contribution in [3.05, 3.63) is 58.4 Å². The number of anilines is 1. The molecule has 1 saturated heterocycles. The SMILES string of the molecule is Cc1nc(C)c(C(C)C)c(N2CCN(S(=O)(=O)/C=C/c3ccccc3)CC2)n1. The van der Waals surface area contributed by atoms with Gasteiger partial charge in [-0.25, -0.2) is 18.4 Å². The Hall–Kier alpha value is -2.25. The number of hydrogen-bond donors (Lipinski definition) is 0. The Morgan fingerprint density at radius 3 is 2.25 bits per heavy atom. The van der Waals surface area contributed by atoms with E-state index < -0.39 is 10.0 Å². The van der Waals surface area contributed by atoms with Gasteiger partial charge in [0.1, 0.15) is 11.6 Å². The third-order valence-electron chi connectivity index (χ3n) is 4.94. The number of sulfonamides is 1. The van der Waals surface area contributed by atoms with E-state index in [-0.39, 0.29) is 0 Å². The molecule has 0 aliphatic carbocycles. The predicted octanol–water partition coefficient (Wildman–Crippen LogP) is 3.34. The first-order chi connectivity index (χ1) is 13.3. The van der Waals surface area contributed by atoms with Gasteiger partial charge in [0.25, 0.3) is 0 Å². The van der Waals surface area contributed by atoms with Crippen LogP contribution in [0.25, 0.3) is 6.08 Å². The summed E-state index contributed by atoms with van der Waals surface area (Å²) in [6, 6.07) is 9.47. The molecular weight excluding hydrogens is 372 g/mol. The smallest absolute Gasteiger partial charge is 0.236 e. The Labute approximate surface area is 168 Å². The first kappa shape index (κ1) is 20.5. The van der Waals surface area contributed by atoms with Crippen LogP contribution in [0.1, 0.15) is 42.4 Å². The van der Waals surface area contributed by atoms with E-state index >= 15 is 0 Å². The molecule has 0 unspecified atom stereocenters. The van der Waals surface area contributed by atoms with Crippen LogP contribution in [0.3, 0.4) is 0 Å². The number of rotatable bonds is 5. The van der Waals surface area contributed by atoms with Crippen LogP contribution in [0.15, 0.2) is 35.7 Å². The van der Waals surface area contributed by atoms with Crippen molar-refractivity contribution in [3.63, 3.8) is 0 Å². The van der Waals surface area contributed by atoms with E-state index in [1.807, 2.05) is 44.2 Å². The molecule has 7 heteroatoms. The standard InChI is InChI=1S/C21H28N4O2S/c1-16(2)20-17(3)22-18(4)23-21(20)24-11-13-25(14-12-24)28(26,27)15-10-19-8-6-5-7-9-19/h5-10,15-16H,11-14H2,1-4H3/b15-10+. The monoisotopic (exact) mass is 400 g/mol. The fourth-order valence-corrected chi connectivity index (χ4v) is 4.76. The van der Waals surface area contributed by atoms with Gasteiger partial charge in [0, 0.05) is 42.8 Å². The second-order valence-corrected chi connectivity index (χ2v) is 9.21. The van der Waals surface area contributed by atoms with Crippen molar-refractivity contribution >= 4 is 21.9 Å². The molecule has 1 aliphatic rings. The van der Waals surface area contributed by atoms with E-state index in [0.29, 0.717) is 32.1 Å². The van der Waals surface area contributed by atoms with Crippen molar-refractivity contribution in [2.24, 2.45) is 0 Å². The van der Waals surface area contributed by atoms with E-state index in [9.17, 15) is 8.42 Å². The van der Waals surface area contributed by atoms with Gasteiger partial charge in [0.2, 0.25) is 10.0 Å². The summed E-state index contributed by atoms with van der Waals surface area (Å²) in [5.74, 6) is 2.00. The second kappa shape index (κ2) is 8.41. The number of nitrogens with zero attached hydrogens (tertiary/aromatic N) is 4. The second-order valence-electron chi connectivity index (χ2n) is 7.39. The predicted molar refractivity (Wildman–Crippen MR) is 114 cm³/mol. The topological polar surface area (TPSA) is 66.4 Å². The van der Waals surface area contributed by atoms with E-state index in [4.69, 9.17) is 0 Å². The highest BCUT2D eigenvalue weighted by Crippen LogP contribution is 2.29. The van der Waals surface area contributed by atoms with Gasteiger partial charge in [0.15, 0.2) is 0 Å². The van der Waals surface area contributed by atoms with Gasteiger partial charge in [0.05, 0.1) is 0 Å². The summed E-state index contributed by atoms with van der Waals surface area (Å²) in [4.78, 5) is 11.4. The Morgan fingerprint density at radius 1 is 1.00 bits per heavy atom. The summed E-state index contributed by atoms with van der Waals surface area (Å²) in [6.45, 7) is 10.3. The molecule has 28 heavy (non-hydrogen) atoms. The molecule has 6 nitrogen and oxygen atoms in total. The van der Waals surface area contributed by atoms with Gasteiger partial charge in [-0.2, -0.15) is 4.31 Å². The maximum Gasteiger partial charge on any atom is 0.236 e. The molecule has 150 valence electrons. The highest BCUT2D eigenvalue weighted by Gasteiger charge is 2.28. The zero-order valence-electron chi connectivity index (χ0n) is 17.0. The highest BCUT2D eigenvalue weighted by molar-refractivity contribution is 7.92. The first-order valence-electron chi connectivity index (χ1n) is 9.61. The third-order valence-corrected chi connectivity index (χ3v) is 6.50. The molecule has 0 saturated carbocycles. The van der Waals surface area contributed by atoms with Crippen molar-refractivity contribution in [3.8, 4) is 0 Å². The molecule has 1 aliphatic heterocycles. The Balaban J connectivity index is 1.74. The Bertz CT molecular complexity index is 948. The molecule has 0 radical (unpaired) electrons. The molecule has 0 amide bonds. The first-order valence-corrected chi connectivity index (χ1v) is 11.1. The van der Waals surface area contributed by atoms with Gasteiger partial charge < -0.3 is 4.90 Å². The average Bonchev–Trinajstić information content (AvgIpc) is 2.66. The minimum absolute atomic E-state index is 0.311. The molecule has 1 aromatic heterocycles. The van der Waals surface area contributed by atoms with Crippen LogP contribution in [0.4, 0.5) is 5.82 Å². The zero-order valence-corrected chi connectivity index (χ0v) is 17.8. The van der Waals surface area contributed by atoms with E-state index in [1.54, 1.807) is 10.4 Å². The van der Waals surface area contributed by atoms with Crippen LogP contribution in [-0.4, -0.2) is 48.9 Å². The number of aryl methyl sites for hydroxylation is 2. The minimum atomic E-state index is -3.44. The van der Waals surface area contributed by atoms with Crippen molar-refractivity contribution in [1.82, 2.24) is 14.3 Å². The molecule has 3 rings (SSSR count). The normalized spacial score (nSPS) is 16.2. The van der Waals surface area contributed by atoms with Gasteiger partial charge in [-0.15, -0.1) is 0 Å². The van der Waals surface area contributed by atoms with Crippen LogP contribution in [0, 0.1) is 13.8 Å². The van der Waals surface area contributed by atoms with E-state index in [0.717, 1.165) is 28.5 Å².